The third kappa shape index (κ3) is 4.36. The Morgan fingerprint density at radius 3 is 2.74 bits per heavy atom. The number of hydrogen-bond acceptors (Lipinski definition) is 5. The Kier molecular flexibility index (Phi) is 5.91. The molecule has 0 unspecified atom stereocenters. The van der Waals surface area contributed by atoms with Crippen molar-refractivity contribution < 1.29 is 18.7 Å². The fourth-order valence-corrected chi connectivity index (χ4v) is 4.01. The maximum Gasteiger partial charge on any atom is 0.338 e. The van der Waals surface area contributed by atoms with Crippen LogP contribution in [0.2, 0.25) is 0 Å². The van der Waals surface area contributed by atoms with Gasteiger partial charge >= 0.3 is 12.0 Å². The third-order valence-electron chi connectivity index (χ3n) is 4.37. The molecule has 142 valence electrons. The Labute approximate surface area is 162 Å². The number of ether oxygens (including phenoxy) is 1. The molecule has 2 heterocycles. The molecule has 0 saturated heterocycles. The van der Waals surface area contributed by atoms with Crippen LogP contribution < -0.4 is 10.6 Å². The van der Waals surface area contributed by atoms with Crippen LogP contribution in [0.3, 0.4) is 0 Å². The summed E-state index contributed by atoms with van der Waals surface area (Å²) in [6.45, 7) is 3.97. The van der Waals surface area contributed by atoms with E-state index in [9.17, 15) is 9.59 Å². The normalized spacial score (nSPS) is 16.7. The van der Waals surface area contributed by atoms with Gasteiger partial charge in [0, 0.05) is 11.4 Å². The van der Waals surface area contributed by atoms with E-state index in [0.717, 1.165) is 22.5 Å². The molecular formula is C20H22N2O4S. The van der Waals surface area contributed by atoms with Gasteiger partial charge in [-0.1, -0.05) is 23.8 Å². The lowest BCUT2D eigenvalue weighted by atomic mass is 9.91. The molecule has 1 aliphatic rings. The van der Waals surface area contributed by atoms with Gasteiger partial charge in [-0.25, -0.2) is 9.59 Å². The van der Waals surface area contributed by atoms with Crippen molar-refractivity contribution in [1.82, 2.24) is 10.6 Å². The van der Waals surface area contributed by atoms with Crippen LogP contribution >= 0.6 is 11.8 Å². The molecule has 1 atom stereocenters. The summed E-state index contributed by atoms with van der Waals surface area (Å²) in [7, 11) is 1.35. The molecule has 0 saturated carbocycles. The first-order chi connectivity index (χ1) is 13.0. The Balaban J connectivity index is 1.92. The molecule has 1 aromatic carbocycles. The molecule has 7 heteroatoms. The minimum Gasteiger partial charge on any atom is -0.468 e. The fourth-order valence-electron chi connectivity index (χ4n) is 3.11. The van der Waals surface area contributed by atoms with Crippen molar-refractivity contribution in [2.75, 3.05) is 12.9 Å². The lowest BCUT2D eigenvalue weighted by Crippen LogP contribution is -2.46. The van der Waals surface area contributed by atoms with Crippen LogP contribution in [0.25, 0.3) is 0 Å². The molecule has 2 amide bonds. The van der Waals surface area contributed by atoms with Gasteiger partial charge in [-0.2, -0.15) is 0 Å². The molecular weight excluding hydrogens is 364 g/mol. The highest BCUT2D eigenvalue weighted by atomic mass is 32.2. The highest BCUT2D eigenvalue weighted by molar-refractivity contribution is 7.98. The predicted octanol–water partition coefficient (Wildman–Crippen LogP) is 3.61. The summed E-state index contributed by atoms with van der Waals surface area (Å²) in [6, 6.07) is 8.78. The molecule has 0 radical (unpaired) electrons. The Morgan fingerprint density at radius 1 is 1.26 bits per heavy atom. The maximum absolute atomic E-state index is 12.5. The summed E-state index contributed by atoms with van der Waals surface area (Å²) in [5.41, 5.74) is 3.99. The number of amides is 2. The van der Waals surface area contributed by atoms with Crippen molar-refractivity contribution in [3.05, 3.63) is 70.3 Å². The summed E-state index contributed by atoms with van der Waals surface area (Å²) in [4.78, 5) is 24.8. The first-order valence-electron chi connectivity index (χ1n) is 8.55. The Morgan fingerprint density at radius 2 is 2.07 bits per heavy atom. The molecule has 0 spiro atoms. The van der Waals surface area contributed by atoms with Crippen LogP contribution in [0.1, 0.15) is 28.5 Å². The smallest absolute Gasteiger partial charge is 0.338 e. The molecule has 2 aromatic rings. The number of esters is 1. The first-order valence-corrected chi connectivity index (χ1v) is 9.71. The number of nitrogens with one attached hydrogen (secondary N) is 2. The van der Waals surface area contributed by atoms with Gasteiger partial charge in [-0.15, -0.1) is 11.8 Å². The van der Waals surface area contributed by atoms with Crippen LogP contribution in [-0.2, 0) is 15.3 Å². The molecule has 0 aliphatic carbocycles. The van der Waals surface area contributed by atoms with Crippen molar-refractivity contribution in [2.45, 2.75) is 25.6 Å². The molecule has 2 N–H and O–H groups in total. The number of thioether (sulfide) groups is 1. The van der Waals surface area contributed by atoms with Gasteiger partial charge in [-0.3, -0.25) is 0 Å². The number of carbonyl (C=O) groups is 2. The number of methoxy groups -OCH3 is 1. The number of rotatable bonds is 6. The monoisotopic (exact) mass is 386 g/mol. The fraction of sp³-hybridized carbons (Fsp3) is 0.300. The highest BCUT2D eigenvalue weighted by Gasteiger charge is 2.34. The van der Waals surface area contributed by atoms with Crippen LogP contribution in [-0.4, -0.2) is 24.9 Å². The van der Waals surface area contributed by atoms with E-state index in [4.69, 9.17) is 9.15 Å². The van der Waals surface area contributed by atoms with E-state index in [1.807, 2.05) is 44.2 Å². The van der Waals surface area contributed by atoms with Crippen molar-refractivity contribution >= 4 is 23.8 Å². The predicted molar refractivity (Wildman–Crippen MR) is 104 cm³/mol. The first kappa shape index (κ1) is 19.1. The van der Waals surface area contributed by atoms with Crippen molar-refractivity contribution in [3.63, 3.8) is 0 Å². The van der Waals surface area contributed by atoms with Gasteiger partial charge in [-0.05, 0) is 37.1 Å². The number of furan rings is 1. The summed E-state index contributed by atoms with van der Waals surface area (Å²) in [5, 5.41) is 5.63. The summed E-state index contributed by atoms with van der Waals surface area (Å²) in [5.74, 6) is 1.48. The standard InChI is InChI=1S/C20H22N2O4S/c1-12-6-7-15(13(2)9-12)18-17(19(23)25-3)16(21-20(24)22-18)11-27-10-14-5-4-8-26-14/h4-9,18H,10-11H2,1-3H3,(H2,21,22,24)/t18-/m0/s1. The van der Waals surface area contributed by atoms with Crippen molar-refractivity contribution in [2.24, 2.45) is 0 Å². The summed E-state index contributed by atoms with van der Waals surface area (Å²) >= 11 is 1.55. The number of urea groups is 1. The largest absolute Gasteiger partial charge is 0.468 e. The van der Waals surface area contributed by atoms with E-state index in [-0.39, 0.29) is 6.03 Å². The second-order valence-corrected chi connectivity index (χ2v) is 7.33. The average molecular weight is 386 g/mol. The summed E-state index contributed by atoms with van der Waals surface area (Å²) < 4.78 is 10.3. The molecule has 0 fully saturated rings. The minimum atomic E-state index is -0.550. The van der Waals surface area contributed by atoms with Gasteiger partial charge in [0.05, 0.1) is 30.7 Å². The van der Waals surface area contributed by atoms with Crippen LogP contribution in [0.5, 0.6) is 0 Å². The van der Waals surface area contributed by atoms with Crippen LogP contribution in [0.4, 0.5) is 4.79 Å². The third-order valence-corrected chi connectivity index (χ3v) is 5.35. The van der Waals surface area contributed by atoms with Gasteiger partial charge in [0.2, 0.25) is 0 Å². The van der Waals surface area contributed by atoms with Crippen LogP contribution in [0.15, 0.2) is 52.3 Å². The van der Waals surface area contributed by atoms with E-state index < -0.39 is 12.0 Å². The van der Waals surface area contributed by atoms with Gasteiger partial charge in [0.15, 0.2) is 0 Å². The Hall–Kier alpha value is -2.67. The summed E-state index contributed by atoms with van der Waals surface area (Å²) in [6.07, 6.45) is 1.62. The zero-order valence-electron chi connectivity index (χ0n) is 15.5. The number of carbonyl (C=O) groups excluding carboxylic acids is 2. The lowest BCUT2D eigenvalue weighted by Gasteiger charge is -2.30. The number of aryl methyl sites for hydroxylation is 2. The molecule has 1 aliphatic heterocycles. The Bertz CT molecular complexity index is 874. The topological polar surface area (TPSA) is 80.6 Å². The second-order valence-electron chi connectivity index (χ2n) is 6.35. The zero-order valence-corrected chi connectivity index (χ0v) is 16.3. The lowest BCUT2D eigenvalue weighted by molar-refractivity contribution is -0.136. The quantitative estimate of drug-likeness (QED) is 0.742. The molecule has 3 rings (SSSR count). The molecule has 6 nitrogen and oxygen atoms in total. The van der Waals surface area contributed by atoms with E-state index in [0.29, 0.717) is 22.8 Å². The van der Waals surface area contributed by atoms with Crippen molar-refractivity contribution in [3.8, 4) is 0 Å². The molecule has 1 aromatic heterocycles. The van der Waals surface area contributed by atoms with Gasteiger partial charge < -0.3 is 19.8 Å². The average Bonchev–Trinajstić information content (AvgIpc) is 3.14. The SMILES string of the molecule is COC(=O)C1=C(CSCc2ccco2)NC(=O)N[C@H]1c1ccc(C)cc1C. The highest BCUT2D eigenvalue weighted by Crippen LogP contribution is 2.31. The van der Waals surface area contributed by atoms with Gasteiger partial charge in [0.25, 0.3) is 0 Å². The second kappa shape index (κ2) is 8.35. The zero-order chi connectivity index (χ0) is 19.4. The minimum absolute atomic E-state index is 0.332. The number of hydrogen-bond donors (Lipinski definition) is 2. The number of benzene rings is 1. The van der Waals surface area contributed by atoms with Crippen molar-refractivity contribution in [1.29, 1.82) is 0 Å². The molecule has 0 bridgehead atoms. The van der Waals surface area contributed by atoms with E-state index in [1.165, 1.54) is 7.11 Å². The van der Waals surface area contributed by atoms with E-state index >= 15 is 0 Å². The maximum atomic E-state index is 12.5. The van der Waals surface area contributed by atoms with Crippen LogP contribution in [0, 0.1) is 13.8 Å². The van der Waals surface area contributed by atoms with Gasteiger partial charge in [0.1, 0.15) is 5.76 Å². The van der Waals surface area contributed by atoms with E-state index in [1.54, 1.807) is 18.0 Å². The van der Waals surface area contributed by atoms with E-state index in [2.05, 4.69) is 10.6 Å². The molecule has 27 heavy (non-hydrogen) atoms.